The zero-order valence-electron chi connectivity index (χ0n) is 79.0. The van der Waals surface area contributed by atoms with Gasteiger partial charge in [-0.3, -0.25) is 0 Å². The van der Waals surface area contributed by atoms with Gasteiger partial charge in [0.05, 0.1) is 40.6 Å². The number of methoxy groups -OCH3 is 5. The minimum absolute atomic E-state index is 0.0207. The van der Waals surface area contributed by atoms with E-state index in [1.165, 1.54) is 108 Å². The summed E-state index contributed by atoms with van der Waals surface area (Å²) in [5.41, 5.74) is 18.1. The molecule has 0 unspecified atom stereocenters. The lowest BCUT2D eigenvalue weighted by Gasteiger charge is -2.23. The van der Waals surface area contributed by atoms with Gasteiger partial charge in [0.1, 0.15) is 17.3 Å². The van der Waals surface area contributed by atoms with Gasteiger partial charge in [-0.25, -0.2) is 39.5 Å². The summed E-state index contributed by atoms with van der Waals surface area (Å²) in [5, 5.41) is 0.150. The molecule has 118 heavy (non-hydrogen) atoms. The molecule has 0 aromatic heterocycles. The number of benzene rings is 9. The Morgan fingerprint density at radius 3 is 1.01 bits per heavy atom. The van der Waals surface area contributed by atoms with Crippen LogP contribution in [-0.4, -0.2) is 35.5 Å². The minimum atomic E-state index is -1.40. The van der Waals surface area contributed by atoms with E-state index in [4.69, 9.17) is 35.3 Å². The summed E-state index contributed by atoms with van der Waals surface area (Å²) < 4.78 is 143. The van der Waals surface area contributed by atoms with Crippen molar-refractivity contribution in [2.75, 3.05) is 35.5 Å². The lowest BCUT2D eigenvalue weighted by Crippen LogP contribution is -2.15. The number of halogens is 10. The highest BCUT2D eigenvalue weighted by Crippen LogP contribution is 2.38. The summed E-state index contributed by atoms with van der Waals surface area (Å²) in [4.78, 5) is 0. The van der Waals surface area contributed by atoms with E-state index in [9.17, 15) is 39.5 Å². The lowest BCUT2D eigenvalue weighted by molar-refractivity contribution is 0.384. The van der Waals surface area contributed by atoms with Crippen molar-refractivity contribution in [1.29, 1.82) is 0 Å². The Morgan fingerprint density at radius 1 is 0.220 bits per heavy atom. The summed E-state index contributed by atoms with van der Waals surface area (Å²) in [6.07, 6.45) is 0. The first-order valence-electron chi connectivity index (χ1n) is 39.9. The predicted octanol–water partition coefficient (Wildman–Crippen LogP) is 31.3. The zero-order chi connectivity index (χ0) is 92.1. The quantitative estimate of drug-likeness (QED) is 0.127. The highest BCUT2D eigenvalue weighted by Gasteiger charge is 2.27. The van der Waals surface area contributed by atoms with Crippen LogP contribution in [0, 0.1) is 108 Å². The van der Waals surface area contributed by atoms with Crippen LogP contribution < -0.4 is 23.7 Å². The maximum absolute atomic E-state index is 13.5. The zero-order valence-corrected chi connectivity index (χ0v) is 79.8. The van der Waals surface area contributed by atoms with E-state index in [-0.39, 0.29) is 77.1 Å². The van der Waals surface area contributed by atoms with Crippen LogP contribution in [0.25, 0.3) is 0 Å². The molecule has 0 amide bonds. The van der Waals surface area contributed by atoms with Crippen LogP contribution in [0.3, 0.4) is 0 Å². The maximum atomic E-state index is 13.5. The first-order valence-corrected chi connectivity index (χ1v) is 40.3. The Bertz CT molecular complexity index is 4560. The molecule has 5 nitrogen and oxygen atoms in total. The topological polar surface area (TPSA) is 46.2 Å². The maximum Gasteiger partial charge on any atom is 0.194 e. The Kier molecular flexibility index (Phi) is 40.4. The molecule has 0 saturated heterocycles. The van der Waals surface area contributed by atoms with E-state index in [1.54, 1.807) is 89.4 Å². The van der Waals surface area contributed by atoms with Crippen molar-refractivity contribution in [1.82, 2.24) is 0 Å². The Labute approximate surface area is 711 Å². The molecule has 9 rings (SSSR count). The van der Waals surface area contributed by atoms with E-state index >= 15 is 0 Å². The second-order valence-corrected chi connectivity index (χ2v) is 39.6. The van der Waals surface area contributed by atoms with Crippen molar-refractivity contribution in [3.63, 3.8) is 0 Å². The van der Waals surface area contributed by atoms with Crippen LogP contribution in [0.2, 0.25) is 5.02 Å². The second-order valence-electron chi connectivity index (χ2n) is 39.2. The molecule has 0 fully saturated rings. The molecule has 0 N–H and O–H groups in total. The fourth-order valence-electron chi connectivity index (χ4n) is 12.3. The third-order valence-corrected chi connectivity index (χ3v) is 19.9. The van der Waals surface area contributed by atoms with Crippen molar-refractivity contribution in [2.45, 2.75) is 291 Å². The van der Waals surface area contributed by atoms with E-state index < -0.39 is 40.3 Å². The van der Waals surface area contributed by atoms with Crippen molar-refractivity contribution >= 4 is 11.6 Å². The Morgan fingerprint density at radius 2 is 0.593 bits per heavy atom. The van der Waals surface area contributed by atoms with E-state index in [1.807, 2.05) is 95.2 Å². The van der Waals surface area contributed by atoms with Crippen LogP contribution in [0.15, 0.2) is 133 Å². The van der Waals surface area contributed by atoms with Gasteiger partial charge in [-0.2, -0.15) is 0 Å². The third kappa shape index (κ3) is 33.7. The van der Waals surface area contributed by atoms with Gasteiger partial charge in [-0.1, -0.05) is 277 Å². The van der Waals surface area contributed by atoms with Crippen LogP contribution in [0.4, 0.5) is 39.5 Å². The third-order valence-electron chi connectivity index (χ3n) is 19.5. The van der Waals surface area contributed by atoms with Crippen LogP contribution >= 0.6 is 11.6 Å². The molecule has 0 aliphatic heterocycles. The molecule has 0 spiro atoms. The molecule has 0 saturated carbocycles. The molecule has 0 radical (unpaired) electrons. The average Bonchev–Trinajstić information content (AvgIpc) is 0.812. The Hall–Kier alpha value is -8.36. The molecule has 0 bridgehead atoms. The van der Waals surface area contributed by atoms with Crippen LogP contribution in [0.1, 0.15) is 282 Å². The van der Waals surface area contributed by atoms with Crippen LogP contribution in [0.5, 0.6) is 28.7 Å². The summed E-state index contributed by atoms with van der Waals surface area (Å²) >= 11 is 5.91. The fraction of sp³-hybridized carbons (Fsp3) is 0.476. The molecule has 9 aromatic carbocycles. The standard InChI is InChI=1S/2C13H20.C12H18O.C11H14ClFO.C11H14F2.3C11H15FO.C10H11F3/c1-9-7-11(3)12(8-10(9)2)13(4,5)6;1-9-7-10(2)11(3)12(8-9)13(4,5)6;1-9-8-10(13-5)6-7-11(9)12(2,3)4;1-11(2,3)7-5-6-8(14-4)10(13)9(7)12;1-7-5-6-8(11(2,3)4)10(13)9(7)12;1-11(2,3)8-5-6-10(13-4)9(12)7-8;1-11(2,3)9-6-5-8(13-4)7-10(9)12;1-11(2,3)8-5-6-9(12)10(7-8)13-4;1-10(2,3)6-4-5-7(11)9(13)8(6)12/h2*7-8H,1-6H3;6-8H,1-5H3;5-6H,1-4H3;5-6H,1-4H3;3*5-7H,1-4H3;4-5H,1-3H3. The molecule has 15 heteroatoms. The monoisotopic (exact) mass is 1670 g/mol. The number of hydrogen-bond acceptors (Lipinski definition) is 5. The van der Waals surface area contributed by atoms with Gasteiger partial charge in [0.15, 0.2) is 63.8 Å². The summed E-state index contributed by atoms with van der Waals surface area (Å²) in [6, 6.07) is 39.3. The Balaban J connectivity index is 0.000000664. The van der Waals surface area contributed by atoms with Gasteiger partial charge in [0, 0.05) is 6.07 Å². The van der Waals surface area contributed by atoms with Crippen molar-refractivity contribution in [3.05, 3.63) is 285 Å². The highest BCUT2D eigenvalue weighted by molar-refractivity contribution is 6.31. The van der Waals surface area contributed by atoms with Crippen molar-refractivity contribution < 1.29 is 63.2 Å². The molecule has 9 aromatic rings. The predicted molar refractivity (Wildman–Crippen MR) is 482 cm³/mol. The average molecular weight is 1670 g/mol. The lowest BCUT2D eigenvalue weighted by atomic mass is 9.82. The van der Waals surface area contributed by atoms with E-state index in [2.05, 4.69) is 168 Å². The van der Waals surface area contributed by atoms with E-state index in [0.717, 1.165) is 28.5 Å². The first-order chi connectivity index (χ1) is 53.5. The first kappa shape index (κ1) is 108. The molecule has 654 valence electrons. The molecule has 0 aliphatic carbocycles. The fourth-order valence-corrected chi connectivity index (χ4v) is 12.7. The van der Waals surface area contributed by atoms with Crippen molar-refractivity contribution in [2.24, 2.45) is 0 Å². The van der Waals surface area contributed by atoms with Gasteiger partial charge in [-0.05, 0) is 248 Å². The van der Waals surface area contributed by atoms with Gasteiger partial charge in [0.2, 0.25) is 0 Å². The summed E-state index contributed by atoms with van der Waals surface area (Å²) in [6.45, 7) is 72.2. The molecule has 0 heterocycles. The highest BCUT2D eigenvalue weighted by atomic mass is 35.5. The molecular weight excluding hydrogens is 1520 g/mol. The van der Waals surface area contributed by atoms with E-state index in [0.29, 0.717) is 33.9 Å². The molecule has 0 atom stereocenters. The SMILES string of the molecule is CC(C)(C)c1ccc(F)c(F)c1F.COc1cc(C(C)(C)C)ccc1F.COc1ccc(C(C)(C)C)c(C)c1.COc1ccc(C(C)(C)C)c(Cl)c1F.COc1ccc(C(C)(C)C)c(F)c1.COc1ccc(C(C)(C)C)cc1F.Cc1cc(C)c(C(C)(C)C)cc1C.Cc1cc(C)c(C)c(C(C)(C)C)c1.Cc1ccc(C(C)(C)C)c(F)c1F. The minimum Gasteiger partial charge on any atom is -0.497 e. The number of rotatable bonds is 5. The van der Waals surface area contributed by atoms with Gasteiger partial charge in [-0.15, -0.1) is 0 Å². The smallest absolute Gasteiger partial charge is 0.194 e. The number of hydrogen-bond donors (Lipinski definition) is 0. The molecule has 0 aliphatic rings. The van der Waals surface area contributed by atoms with Crippen molar-refractivity contribution in [3.8, 4) is 28.7 Å². The van der Waals surface area contributed by atoms with Gasteiger partial charge < -0.3 is 23.7 Å². The van der Waals surface area contributed by atoms with Gasteiger partial charge in [0.25, 0.3) is 0 Å². The van der Waals surface area contributed by atoms with Crippen LogP contribution in [-0.2, 0) is 48.7 Å². The molecular formula is C103H142ClF9O5. The number of ether oxygens (including phenoxy) is 5. The summed E-state index contributed by atoms with van der Waals surface area (Å²) in [7, 11) is 7.60. The number of aryl methyl sites for hydroxylation is 7. The summed E-state index contributed by atoms with van der Waals surface area (Å²) in [5.74, 6) is -4.08. The van der Waals surface area contributed by atoms with Gasteiger partial charge >= 0.3 is 0 Å². The largest absolute Gasteiger partial charge is 0.497 e. The normalized spacial score (nSPS) is 11.6. The second kappa shape index (κ2) is 44.3.